The molecule has 1 aliphatic carbocycles. The molecule has 1 fully saturated rings. The lowest BCUT2D eigenvalue weighted by Crippen LogP contribution is -2.43. The molecule has 0 aromatic carbocycles. The third-order valence-electron chi connectivity index (χ3n) is 4.10. The van der Waals surface area contributed by atoms with Crippen molar-refractivity contribution < 1.29 is 9.59 Å². The average Bonchev–Trinajstić information content (AvgIpc) is 2.49. The van der Waals surface area contributed by atoms with Crippen LogP contribution in [0.4, 0.5) is 0 Å². The van der Waals surface area contributed by atoms with Crippen LogP contribution in [0, 0.1) is 16.7 Å². The minimum absolute atomic E-state index is 0.0463. The van der Waals surface area contributed by atoms with Crippen molar-refractivity contribution in [2.45, 2.75) is 52.4 Å². The topological polar surface area (TPSA) is 73.2 Å². The van der Waals surface area contributed by atoms with Crippen LogP contribution in [0.3, 0.4) is 0 Å². The number of carbonyl (C=O) groups is 2. The van der Waals surface area contributed by atoms with E-state index < -0.39 is 5.41 Å². The van der Waals surface area contributed by atoms with Crippen LogP contribution in [-0.4, -0.2) is 36.3 Å². The molecule has 1 saturated carbocycles. The molecule has 112 valence electrons. The van der Waals surface area contributed by atoms with E-state index in [1.54, 1.807) is 4.90 Å². The zero-order chi connectivity index (χ0) is 15.0. The van der Waals surface area contributed by atoms with Crippen molar-refractivity contribution in [2.75, 3.05) is 19.6 Å². The summed E-state index contributed by atoms with van der Waals surface area (Å²) in [7, 11) is 0. The molecular formula is C15H25N3O2. The van der Waals surface area contributed by atoms with Crippen LogP contribution in [0.25, 0.3) is 0 Å². The Hall–Kier alpha value is -1.57. The molecule has 5 heteroatoms. The normalized spacial score (nSPS) is 17.1. The molecule has 0 aromatic rings. The number of amides is 2. The molecule has 5 nitrogen and oxygen atoms in total. The quantitative estimate of drug-likeness (QED) is 0.806. The van der Waals surface area contributed by atoms with E-state index in [0.29, 0.717) is 38.9 Å². The van der Waals surface area contributed by atoms with Crippen molar-refractivity contribution in [3.05, 3.63) is 0 Å². The Morgan fingerprint density at radius 3 is 2.30 bits per heavy atom. The van der Waals surface area contributed by atoms with Crippen LogP contribution in [0.1, 0.15) is 52.4 Å². The standard InChI is InChI=1S/C15H25N3O2/c1-3-18(4-2)13(19)8-11-17-14(20)15(12-16)9-6-5-7-10-15/h3-11H2,1-2H3,(H,17,20). The molecule has 1 aliphatic rings. The van der Waals surface area contributed by atoms with Crippen LogP contribution in [0.5, 0.6) is 0 Å². The van der Waals surface area contributed by atoms with E-state index in [0.717, 1.165) is 19.3 Å². The van der Waals surface area contributed by atoms with Gasteiger partial charge in [0.25, 0.3) is 0 Å². The van der Waals surface area contributed by atoms with Gasteiger partial charge in [0, 0.05) is 26.1 Å². The summed E-state index contributed by atoms with van der Waals surface area (Å²) >= 11 is 0. The highest BCUT2D eigenvalue weighted by molar-refractivity contribution is 5.86. The van der Waals surface area contributed by atoms with E-state index in [4.69, 9.17) is 0 Å². The maximum atomic E-state index is 12.2. The van der Waals surface area contributed by atoms with Crippen molar-refractivity contribution >= 4 is 11.8 Å². The highest BCUT2D eigenvalue weighted by Gasteiger charge is 2.39. The van der Waals surface area contributed by atoms with Gasteiger partial charge in [-0.2, -0.15) is 5.26 Å². The summed E-state index contributed by atoms with van der Waals surface area (Å²) in [4.78, 5) is 25.7. The van der Waals surface area contributed by atoms with E-state index in [2.05, 4.69) is 11.4 Å². The maximum absolute atomic E-state index is 12.2. The second-order valence-electron chi connectivity index (χ2n) is 5.33. The highest BCUT2D eigenvalue weighted by atomic mass is 16.2. The van der Waals surface area contributed by atoms with Crippen molar-refractivity contribution in [3.63, 3.8) is 0 Å². The Balaban J connectivity index is 2.43. The largest absolute Gasteiger partial charge is 0.354 e. The molecule has 0 saturated heterocycles. The Labute approximate surface area is 121 Å². The Morgan fingerprint density at radius 2 is 1.80 bits per heavy atom. The summed E-state index contributed by atoms with van der Waals surface area (Å²) in [5.74, 6) is -0.156. The Bertz CT molecular complexity index is 377. The van der Waals surface area contributed by atoms with Gasteiger partial charge >= 0.3 is 0 Å². The molecule has 0 radical (unpaired) electrons. The number of nitrogens with one attached hydrogen (secondary N) is 1. The summed E-state index contributed by atoms with van der Waals surface area (Å²) in [6, 6.07) is 2.19. The number of rotatable bonds is 6. The van der Waals surface area contributed by atoms with Crippen molar-refractivity contribution in [1.82, 2.24) is 10.2 Å². The van der Waals surface area contributed by atoms with Crippen LogP contribution < -0.4 is 5.32 Å². The van der Waals surface area contributed by atoms with Gasteiger partial charge in [-0.05, 0) is 26.7 Å². The summed E-state index contributed by atoms with van der Waals surface area (Å²) < 4.78 is 0. The SMILES string of the molecule is CCN(CC)C(=O)CCNC(=O)C1(C#N)CCCCC1. The number of hydrogen-bond donors (Lipinski definition) is 1. The molecule has 0 atom stereocenters. The first-order valence-electron chi connectivity index (χ1n) is 7.57. The fraction of sp³-hybridized carbons (Fsp3) is 0.800. The first-order valence-corrected chi connectivity index (χ1v) is 7.57. The van der Waals surface area contributed by atoms with Gasteiger partial charge in [-0.15, -0.1) is 0 Å². The van der Waals surface area contributed by atoms with E-state index in [-0.39, 0.29) is 11.8 Å². The van der Waals surface area contributed by atoms with E-state index in [1.165, 1.54) is 0 Å². The van der Waals surface area contributed by atoms with Crippen LogP contribution in [0.15, 0.2) is 0 Å². The lowest BCUT2D eigenvalue weighted by atomic mass is 9.74. The van der Waals surface area contributed by atoms with Gasteiger partial charge in [-0.25, -0.2) is 0 Å². The lowest BCUT2D eigenvalue weighted by molar-refractivity contribution is -0.131. The monoisotopic (exact) mass is 279 g/mol. The van der Waals surface area contributed by atoms with E-state index in [1.807, 2.05) is 13.8 Å². The fourth-order valence-electron chi connectivity index (χ4n) is 2.73. The van der Waals surface area contributed by atoms with Crippen LogP contribution >= 0.6 is 0 Å². The predicted octanol–water partition coefficient (Wildman–Crippen LogP) is 1.84. The minimum Gasteiger partial charge on any atom is -0.354 e. The van der Waals surface area contributed by atoms with E-state index in [9.17, 15) is 14.9 Å². The summed E-state index contributed by atoms with van der Waals surface area (Å²) in [6.45, 7) is 5.56. The Morgan fingerprint density at radius 1 is 1.20 bits per heavy atom. The molecule has 0 unspecified atom stereocenters. The second kappa shape index (κ2) is 7.88. The predicted molar refractivity (Wildman–Crippen MR) is 76.7 cm³/mol. The average molecular weight is 279 g/mol. The third kappa shape index (κ3) is 3.96. The van der Waals surface area contributed by atoms with Gasteiger partial charge < -0.3 is 10.2 Å². The zero-order valence-corrected chi connectivity index (χ0v) is 12.6. The number of nitriles is 1. The number of hydrogen-bond acceptors (Lipinski definition) is 3. The van der Waals surface area contributed by atoms with Crippen molar-refractivity contribution in [3.8, 4) is 6.07 Å². The van der Waals surface area contributed by atoms with Gasteiger partial charge in [-0.1, -0.05) is 19.3 Å². The molecule has 20 heavy (non-hydrogen) atoms. The van der Waals surface area contributed by atoms with Gasteiger partial charge in [0.1, 0.15) is 5.41 Å². The third-order valence-corrected chi connectivity index (χ3v) is 4.10. The van der Waals surface area contributed by atoms with Crippen molar-refractivity contribution in [1.29, 1.82) is 5.26 Å². The molecular weight excluding hydrogens is 254 g/mol. The highest BCUT2D eigenvalue weighted by Crippen LogP contribution is 2.35. The number of nitrogens with zero attached hydrogens (tertiary/aromatic N) is 2. The summed E-state index contributed by atoms with van der Waals surface area (Å²) in [5.41, 5.74) is -0.865. The molecule has 2 amide bonds. The molecule has 0 heterocycles. The Kier molecular flexibility index (Phi) is 6.50. The van der Waals surface area contributed by atoms with Crippen molar-refractivity contribution in [2.24, 2.45) is 5.41 Å². The molecule has 0 spiro atoms. The van der Waals surface area contributed by atoms with Crippen LogP contribution in [0.2, 0.25) is 0 Å². The van der Waals surface area contributed by atoms with Gasteiger partial charge in [0.15, 0.2) is 0 Å². The first-order chi connectivity index (χ1) is 9.59. The van der Waals surface area contributed by atoms with E-state index >= 15 is 0 Å². The molecule has 0 bridgehead atoms. The zero-order valence-electron chi connectivity index (χ0n) is 12.6. The van der Waals surface area contributed by atoms with Gasteiger partial charge in [0.05, 0.1) is 6.07 Å². The minimum atomic E-state index is -0.865. The molecule has 0 aliphatic heterocycles. The maximum Gasteiger partial charge on any atom is 0.240 e. The number of carbonyl (C=O) groups excluding carboxylic acids is 2. The lowest BCUT2D eigenvalue weighted by Gasteiger charge is -2.29. The fourth-order valence-corrected chi connectivity index (χ4v) is 2.73. The summed E-state index contributed by atoms with van der Waals surface area (Å²) in [5, 5.41) is 12.1. The molecule has 1 N–H and O–H groups in total. The summed E-state index contributed by atoms with van der Waals surface area (Å²) in [6.07, 6.45) is 4.53. The van der Waals surface area contributed by atoms with Gasteiger partial charge in [0.2, 0.25) is 11.8 Å². The van der Waals surface area contributed by atoms with Gasteiger partial charge in [-0.3, -0.25) is 9.59 Å². The smallest absolute Gasteiger partial charge is 0.240 e. The molecule has 1 rings (SSSR count). The molecule has 0 aromatic heterocycles. The second-order valence-corrected chi connectivity index (χ2v) is 5.33. The first kappa shape index (κ1) is 16.5. The van der Waals surface area contributed by atoms with Crippen LogP contribution in [-0.2, 0) is 9.59 Å².